The number of unbranched alkanes of at least 4 members (excludes halogenated alkanes) is 1. The smallest absolute Gasteiger partial charge is 0.0880 e. The van der Waals surface area contributed by atoms with Gasteiger partial charge in [-0.2, -0.15) is 0 Å². The third-order valence-electron chi connectivity index (χ3n) is 12.9. The van der Waals surface area contributed by atoms with E-state index in [1.807, 2.05) is 0 Å². The number of fused-ring (bicyclic) bond motifs is 5. The summed E-state index contributed by atoms with van der Waals surface area (Å²) in [6.45, 7) is 16.5. The molecule has 0 bridgehead atoms. The van der Waals surface area contributed by atoms with Gasteiger partial charge in [0.05, 0.1) is 11.7 Å². The molecule has 4 saturated carbocycles. The SMILES string of the molecule is CC(C)[C@H](C)CC[C@@H](C)[C@H]1CC[C@H]2[C@@H]3CC(NCCCCN)C4(O)CC(O)CC[C@]4(C)[C@H]3CC[C@]12C. The highest BCUT2D eigenvalue weighted by molar-refractivity contribution is 5.18. The van der Waals surface area contributed by atoms with E-state index in [-0.39, 0.29) is 17.6 Å². The fraction of sp³-hybridized carbons (Fsp3) is 1.00. The molecule has 4 aliphatic carbocycles. The molecule has 0 aromatic heterocycles. The molecule has 0 aliphatic heterocycles. The van der Waals surface area contributed by atoms with E-state index in [2.05, 4.69) is 46.9 Å². The van der Waals surface area contributed by atoms with Crippen molar-refractivity contribution in [3.05, 3.63) is 0 Å². The van der Waals surface area contributed by atoms with E-state index < -0.39 is 5.60 Å². The van der Waals surface area contributed by atoms with Gasteiger partial charge in [0.25, 0.3) is 0 Å². The van der Waals surface area contributed by atoms with Crippen LogP contribution in [0.3, 0.4) is 0 Å². The van der Waals surface area contributed by atoms with Crippen LogP contribution in [0, 0.1) is 52.3 Å². The van der Waals surface area contributed by atoms with Crippen LogP contribution in [0.1, 0.15) is 119 Å². The molecule has 4 heteroatoms. The summed E-state index contributed by atoms with van der Waals surface area (Å²) in [6, 6.07) is 0.0854. The number of nitrogens with one attached hydrogen (secondary N) is 1. The van der Waals surface area contributed by atoms with Gasteiger partial charge in [0.15, 0.2) is 0 Å². The van der Waals surface area contributed by atoms with Crippen molar-refractivity contribution in [3.63, 3.8) is 0 Å². The van der Waals surface area contributed by atoms with E-state index in [4.69, 9.17) is 5.73 Å². The number of rotatable bonds is 10. The van der Waals surface area contributed by atoms with E-state index in [9.17, 15) is 10.2 Å². The van der Waals surface area contributed by atoms with Crippen LogP contribution in [0.15, 0.2) is 0 Å². The van der Waals surface area contributed by atoms with Gasteiger partial charge >= 0.3 is 0 Å². The number of aliphatic hydroxyl groups excluding tert-OH is 1. The number of hydrogen-bond donors (Lipinski definition) is 4. The molecule has 0 spiro atoms. The topological polar surface area (TPSA) is 78.5 Å². The van der Waals surface area contributed by atoms with Gasteiger partial charge in [-0.3, -0.25) is 0 Å². The van der Waals surface area contributed by atoms with Gasteiger partial charge in [0.2, 0.25) is 0 Å². The van der Waals surface area contributed by atoms with Gasteiger partial charge in [0.1, 0.15) is 0 Å². The highest BCUT2D eigenvalue weighted by atomic mass is 16.3. The van der Waals surface area contributed by atoms with Gasteiger partial charge in [-0.15, -0.1) is 0 Å². The summed E-state index contributed by atoms with van der Waals surface area (Å²) in [5.74, 6) is 5.33. The van der Waals surface area contributed by atoms with Crippen LogP contribution in [0.4, 0.5) is 0 Å². The maximum atomic E-state index is 12.3. The summed E-state index contributed by atoms with van der Waals surface area (Å²) in [4.78, 5) is 0. The lowest BCUT2D eigenvalue weighted by Gasteiger charge is -2.66. The highest BCUT2D eigenvalue weighted by Gasteiger charge is 2.67. The zero-order chi connectivity index (χ0) is 26.3. The van der Waals surface area contributed by atoms with Crippen LogP contribution < -0.4 is 11.1 Å². The maximum absolute atomic E-state index is 12.3. The Morgan fingerprint density at radius 2 is 1.69 bits per heavy atom. The first-order chi connectivity index (χ1) is 17.0. The molecule has 36 heavy (non-hydrogen) atoms. The molecule has 0 heterocycles. The van der Waals surface area contributed by atoms with Gasteiger partial charge in [-0.25, -0.2) is 0 Å². The molecule has 0 radical (unpaired) electrons. The normalized spacial score (nSPS) is 46.2. The quantitative estimate of drug-likeness (QED) is 0.270. The Labute approximate surface area is 223 Å². The monoisotopic (exact) mass is 504 g/mol. The first kappa shape index (κ1) is 28.8. The number of nitrogens with two attached hydrogens (primary N) is 1. The zero-order valence-corrected chi connectivity index (χ0v) is 24.6. The Hall–Kier alpha value is -0.160. The maximum Gasteiger partial charge on any atom is 0.0880 e. The fourth-order valence-corrected chi connectivity index (χ4v) is 10.1. The molecule has 4 aliphatic rings. The standard InChI is InChI=1S/C32H60N2O2/c1-21(2)22(3)9-10-23(4)26-11-12-27-25-19-29(34-18-8-7-17-33)32(36)20-24(35)13-16-31(32,6)28(25)14-15-30(26,27)5/h21-29,34-36H,7-20,33H2,1-6H3/t22-,23-,24?,25+,26-,27+,28+,29?,30-,31-,32?/m1/s1. The van der Waals surface area contributed by atoms with Gasteiger partial charge in [-0.1, -0.05) is 54.4 Å². The van der Waals surface area contributed by atoms with E-state index in [1.54, 1.807) is 0 Å². The van der Waals surface area contributed by atoms with Gasteiger partial charge < -0.3 is 21.3 Å². The Bertz CT molecular complexity index is 729. The summed E-state index contributed by atoms with van der Waals surface area (Å²) in [5, 5.41) is 26.8. The summed E-state index contributed by atoms with van der Waals surface area (Å²) < 4.78 is 0. The van der Waals surface area contributed by atoms with Crippen LogP contribution >= 0.6 is 0 Å². The first-order valence-electron chi connectivity index (χ1n) is 15.8. The number of hydrogen-bond acceptors (Lipinski definition) is 4. The zero-order valence-electron chi connectivity index (χ0n) is 24.6. The van der Waals surface area contributed by atoms with Crippen molar-refractivity contribution in [2.45, 2.75) is 136 Å². The van der Waals surface area contributed by atoms with Crippen LogP contribution in [0.2, 0.25) is 0 Å². The van der Waals surface area contributed by atoms with Crippen LogP contribution in [-0.4, -0.2) is 41.0 Å². The minimum Gasteiger partial charge on any atom is -0.393 e. The summed E-state index contributed by atoms with van der Waals surface area (Å²) in [6.07, 6.45) is 13.3. The molecular weight excluding hydrogens is 444 g/mol. The van der Waals surface area contributed by atoms with Crippen molar-refractivity contribution in [1.82, 2.24) is 5.32 Å². The Morgan fingerprint density at radius 3 is 2.39 bits per heavy atom. The molecule has 4 rings (SSSR count). The third kappa shape index (κ3) is 4.95. The van der Waals surface area contributed by atoms with E-state index in [0.29, 0.717) is 23.7 Å². The molecule has 0 saturated heterocycles. The van der Waals surface area contributed by atoms with Crippen LogP contribution in [-0.2, 0) is 0 Å². The Balaban J connectivity index is 1.54. The van der Waals surface area contributed by atoms with E-state index in [1.165, 1.54) is 38.5 Å². The Morgan fingerprint density at radius 1 is 0.944 bits per heavy atom. The summed E-state index contributed by atoms with van der Waals surface area (Å²) >= 11 is 0. The van der Waals surface area contributed by atoms with Crippen LogP contribution in [0.25, 0.3) is 0 Å². The van der Waals surface area contributed by atoms with Crippen molar-refractivity contribution in [2.24, 2.45) is 58.0 Å². The molecule has 5 N–H and O–H groups in total. The molecule has 4 fully saturated rings. The fourth-order valence-electron chi connectivity index (χ4n) is 10.1. The third-order valence-corrected chi connectivity index (χ3v) is 12.9. The lowest BCUT2D eigenvalue weighted by molar-refractivity contribution is -0.234. The molecule has 11 atom stereocenters. The summed E-state index contributed by atoms with van der Waals surface area (Å²) in [5.41, 5.74) is 5.31. The first-order valence-corrected chi connectivity index (χ1v) is 15.8. The second kappa shape index (κ2) is 11.1. The largest absolute Gasteiger partial charge is 0.393 e. The van der Waals surface area contributed by atoms with Crippen molar-refractivity contribution in [3.8, 4) is 0 Å². The predicted octanol–water partition coefficient (Wildman–Crippen LogP) is 6.14. The van der Waals surface area contributed by atoms with Crippen molar-refractivity contribution in [2.75, 3.05) is 13.1 Å². The van der Waals surface area contributed by atoms with E-state index >= 15 is 0 Å². The average Bonchev–Trinajstić information content (AvgIpc) is 3.18. The van der Waals surface area contributed by atoms with Gasteiger partial charge in [-0.05, 0) is 118 Å². The predicted molar refractivity (Wildman–Crippen MR) is 151 cm³/mol. The van der Waals surface area contributed by atoms with Crippen molar-refractivity contribution >= 4 is 0 Å². The highest BCUT2D eigenvalue weighted by Crippen LogP contribution is 2.69. The second-order valence-electron chi connectivity index (χ2n) is 14.9. The average molecular weight is 505 g/mol. The minimum absolute atomic E-state index is 0.0854. The minimum atomic E-state index is -0.805. The van der Waals surface area contributed by atoms with Crippen LogP contribution in [0.5, 0.6) is 0 Å². The lowest BCUT2D eigenvalue weighted by atomic mass is 9.42. The second-order valence-corrected chi connectivity index (χ2v) is 14.9. The summed E-state index contributed by atoms with van der Waals surface area (Å²) in [7, 11) is 0. The van der Waals surface area contributed by atoms with E-state index in [0.717, 1.165) is 74.8 Å². The van der Waals surface area contributed by atoms with Crippen molar-refractivity contribution < 1.29 is 10.2 Å². The molecule has 0 aromatic carbocycles. The Kier molecular flexibility index (Phi) is 8.93. The molecule has 4 nitrogen and oxygen atoms in total. The molecule has 0 aromatic rings. The molecular formula is C32H60N2O2. The molecule has 0 amide bonds. The molecule has 210 valence electrons. The molecule has 3 unspecified atom stereocenters. The van der Waals surface area contributed by atoms with Gasteiger partial charge in [0, 0.05) is 17.9 Å². The lowest BCUT2D eigenvalue weighted by Crippen LogP contribution is -2.71. The van der Waals surface area contributed by atoms with Crippen molar-refractivity contribution in [1.29, 1.82) is 0 Å². The number of aliphatic hydroxyl groups is 2.